The first-order valence-corrected chi connectivity index (χ1v) is 10.2. The molecule has 0 spiro atoms. The number of nitrogens with one attached hydrogen (secondary N) is 1. The van der Waals surface area contributed by atoms with E-state index in [9.17, 15) is 9.59 Å². The summed E-state index contributed by atoms with van der Waals surface area (Å²) in [5, 5.41) is 2.91. The number of hydrogen-bond acceptors (Lipinski definition) is 4. The maximum atomic E-state index is 13.4. The molecule has 0 aliphatic carbocycles. The molecule has 0 unspecified atom stereocenters. The van der Waals surface area contributed by atoms with Crippen LogP contribution in [0.3, 0.4) is 0 Å². The van der Waals surface area contributed by atoms with Crippen LogP contribution in [-0.4, -0.2) is 42.5 Å². The van der Waals surface area contributed by atoms with Crippen LogP contribution in [0.25, 0.3) is 0 Å². The number of carbonyl (C=O) groups is 2. The van der Waals surface area contributed by atoms with E-state index < -0.39 is 6.04 Å². The maximum absolute atomic E-state index is 13.4. The summed E-state index contributed by atoms with van der Waals surface area (Å²) < 4.78 is 11.4. The molecule has 4 rings (SSSR count). The lowest BCUT2D eigenvalue weighted by molar-refractivity contribution is -0.119. The van der Waals surface area contributed by atoms with Gasteiger partial charge in [-0.3, -0.25) is 9.59 Å². The smallest absolute Gasteiger partial charge is 0.258 e. The Morgan fingerprint density at radius 1 is 0.903 bits per heavy atom. The van der Waals surface area contributed by atoms with Crippen molar-refractivity contribution in [2.24, 2.45) is 0 Å². The van der Waals surface area contributed by atoms with Crippen LogP contribution in [0.1, 0.15) is 16.8 Å². The van der Waals surface area contributed by atoms with E-state index in [-0.39, 0.29) is 17.9 Å². The van der Waals surface area contributed by atoms with E-state index in [1.165, 1.54) is 7.11 Å². The molecule has 0 bridgehead atoms. The Labute approximate surface area is 181 Å². The molecule has 31 heavy (non-hydrogen) atoms. The van der Waals surface area contributed by atoms with Gasteiger partial charge >= 0.3 is 0 Å². The van der Waals surface area contributed by atoms with Crippen LogP contribution in [0.5, 0.6) is 11.5 Å². The summed E-state index contributed by atoms with van der Waals surface area (Å²) in [5.74, 6) is 0.682. The number of anilines is 1. The Hall–Kier alpha value is -3.80. The standard InChI is InChI=1S/C25H24N2O4/c1-30-23-15-9-8-14-21(23)25(29)27-17-20(31-19-12-6-3-7-13-19)16-22(27)24(28)26-18-10-4-2-5-11-18/h2-15,20,22H,16-17H2,1H3,(H,26,28)/t20-,22+/m1/s1. The van der Waals surface area contributed by atoms with Crippen LogP contribution in [0.4, 0.5) is 5.69 Å². The van der Waals surface area contributed by atoms with Gasteiger partial charge in [-0.1, -0.05) is 48.5 Å². The van der Waals surface area contributed by atoms with Gasteiger partial charge in [-0.25, -0.2) is 0 Å². The molecule has 6 heteroatoms. The third kappa shape index (κ3) is 4.69. The molecular weight excluding hydrogens is 392 g/mol. The zero-order valence-electron chi connectivity index (χ0n) is 17.2. The second-order valence-corrected chi connectivity index (χ2v) is 7.32. The normalized spacial score (nSPS) is 17.8. The molecule has 1 N–H and O–H groups in total. The van der Waals surface area contributed by atoms with Gasteiger partial charge in [-0.2, -0.15) is 0 Å². The highest BCUT2D eigenvalue weighted by Gasteiger charge is 2.41. The Kier molecular flexibility index (Phi) is 6.17. The number of rotatable bonds is 6. The fraction of sp³-hybridized carbons (Fsp3) is 0.200. The van der Waals surface area contributed by atoms with Crippen molar-refractivity contribution in [1.29, 1.82) is 0 Å². The Morgan fingerprint density at radius 3 is 2.26 bits per heavy atom. The molecule has 3 aromatic carbocycles. The minimum absolute atomic E-state index is 0.242. The molecular formula is C25H24N2O4. The molecule has 0 radical (unpaired) electrons. The third-order valence-electron chi connectivity index (χ3n) is 5.25. The Balaban J connectivity index is 1.58. The highest BCUT2D eigenvalue weighted by Crippen LogP contribution is 2.28. The first-order chi connectivity index (χ1) is 15.2. The molecule has 6 nitrogen and oxygen atoms in total. The highest BCUT2D eigenvalue weighted by molar-refractivity contribution is 6.02. The fourth-order valence-electron chi connectivity index (χ4n) is 3.77. The minimum Gasteiger partial charge on any atom is -0.496 e. The second-order valence-electron chi connectivity index (χ2n) is 7.32. The molecule has 2 amide bonds. The topological polar surface area (TPSA) is 67.9 Å². The van der Waals surface area contributed by atoms with Gasteiger partial charge in [-0.05, 0) is 36.4 Å². The number of benzene rings is 3. The monoisotopic (exact) mass is 416 g/mol. The molecule has 158 valence electrons. The van der Waals surface area contributed by atoms with Crippen molar-refractivity contribution in [3.63, 3.8) is 0 Å². The first kappa shape index (κ1) is 20.5. The zero-order valence-corrected chi connectivity index (χ0v) is 17.2. The maximum Gasteiger partial charge on any atom is 0.258 e. The van der Waals surface area contributed by atoms with E-state index in [1.807, 2.05) is 60.7 Å². The van der Waals surface area contributed by atoms with Crippen LogP contribution in [0.2, 0.25) is 0 Å². The minimum atomic E-state index is -0.661. The zero-order chi connectivity index (χ0) is 21.6. The van der Waals surface area contributed by atoms with Crippen LogP contribution < -0.4 is 14.8 Å². The molecule has 0 aromatic heterocycles. The summed E-state index contributed by atoms with van der Waals surface area (Å²) in [7, 11) is 1.52. The highest BCUT2D eigenvalue weighted by atomic mass is 16.5. The van der Waals surface area contributed by atoms with Crippen molar-refractivity contribution in [2.45, 2.75) is 18.6 Å². The van der Waals surface area contributed by atoms with E-state index in [2.05, 4.69) is 5.32 Å². The van der Waals surface area contributed by atoms with Crippen molar-refractivity contribution in [1.82, 2.24) is 4.90 Å². The largest absolute Gasteiger partial charge is 0.496 e. The quantitative estimate of drug-likeness (QED) is 0.660. The van der Waals surface area contributed by atoms with Crippen molar-refractivity contribution in [3.05, 3.63) is 90.5 Å². The summed E-state index contributed by atoms with van der Waals surface area (Å²) in [6.07, 6.45) is 0.0987. The van der Waals surface area contributed by atoms with Crippen LogP contribution in [0, 0.1) is 0 Å². The number of carbonyl (C=O) groups excluding carboxylic acids is 2. The number of nitrogens with zero attached hydrogens (tertiary/aromatic N) is 1. The van der Waals surface area contributed by atoms with E-state index in [4.69, 9.17) is 9.47 Å². The predicted molar refractivity (Wildman–Crippen MR) is 118 cm³/mol. The van der Waals surface area contributed by atoms with Crippen molar-refractivity contribution < 1.29 is 19.1 Å². The van der Waals surface area contributed by atoms with Gasteiger partial charge in [-0.15, -0.1) is 0 Å². The van der Waals surface area contributed by atoms with Gasteiger partial charge < -0.3 is 19.7 Å². The van der Waals surface area contributed by atoms with Gasteiger partial charge in [0.15, 0.2) is 0 Å². The average molecular weight is 416 g/mol. The fourth-order valence-corrected chi connectivity index (χ4v) is 3.77. The second kappa shape index (κ2) is 9.34. The van der Waals surface area contributed by atoms with E-state index in [1.54, 1.807) is 29.2 Å². The van der Waals surface area contributed by atoms with Crippen LogP contribution >= 0.6 is 0 Å². The lowest BCUT2D eigenvalue weighted by Crippen LogP contribution is -2.43. The number of para-hydroxylation sites is 3. The number of ether oxygens (including phenoxy) is 2. The molecule has 1 aliphatic heterocycles. The van der Waals surface area contributed by atoms with Crippen molar-refractivity contribution in [2.75, 3.05) is 19.0 Å². The van der Waals surface area contributed by atoms with E-state index >= 15 is 0 Å². The van der Waals surface area contributed by atoms with Gasteiger partial charge in [0.1, 0.15) is 23.6 Å². The SMILES string of the molecule is COc1ccccc1C(=O)N1C[C@H](Oc2ccccc2)C[C@H]1C(=O)Nc1ccccc1. The number of amides is 2. The summed E-state index contributed by atoms with van der Waals surface area (Å²) in [6, 6.07) is 25.0. The van der Waals surface area contributed by atoms with E-state index in [0.717, 1.165) is 0 Å². The molecule has 1 fully saturated rings. The summed E-state index contributed by atoms with van der Waals surface area (Å²) in [4.78, 5) is 28.1. The lowest BCUT2D eigenvalue weighted by Gasteiger charge is -2.24. The van der Waals surface area contributed by atoms with Crippen molar-refractivity contribution >= 4 is 17.5 Å². The van der Waals surface area contributed by atoms with Gasteiger partial charge in [0.25, 0.3) is 5.91 Å². The Bertz CT molecular complexity index is 1040. The lowest BCUT2D eigenvalue weighted by atomic mass is 10.1. The van der Waals surface area contributed by atoms with Crippen molar-refractivity contribution in [3.8, 4) is 11.5 Å². The molecule has 1 aliphatic rings. The molecule has 2 atom stereocenters. The molecule has 1 heterocycles. The van der Waals surface area contributed by atoms with Gasteiger partial charge in [0, 0.05) is 12.1 Å². The number of methoxy groups -OCH3 is 1. The van der Waals surface area contributed by atoms with Gasteiger partial charge in [0.2, 0.25) is 5.91 Å². The summed E-state index contributed by atoms with van der Waals surface area (Å²) in [5.41, 5.74) is 1.10. The molecule has 0 saturated carbocycles. The summed E-state index contributed by atoms with van der Waals surface area (Å²) in [6.45, 7) is 0.304. The number of hydrogen-bond donors (Lipinski definition) is 1. The first-order valence-electron chi connectivity index (χ1n) is 10.2. The molecule has 3 aromatic rings. The predicted octanol–water partition coefficient (Wildman–Crippen LogP) is 4.00. The number of likely N-dealkylation sites (tertiary alicyclic amines) is 1. The summed E-state index contributed by atoms with van der Waals surface area (Å²) >= 11 is 0. The van der Waals surface area contributed by atoms with Crippen LogP contribution in [0.15, 0.2) is 84.9 Å². The van der Waals surface area contributed by atoms with Crippen LogP contribution in [-0.2, 0) is 4.79 Å². The average Bonchev–Trinajstić information content (AvgIpc) is 3.24. The Morgan fingerprint density at radius 2 is 1.55 bits per heavy atom. The molecule has 1 saturated heterocycles. The third-order valence-corrected chi connectivity index (χ3v) is 5.25. The van der Waals surface area contributed by atoms with E-state index in [0.29, 0.717) is 35.7 Å². The van der Waals surface area contributed by atoms with Gasteiger partial charge in [0.05, 0.1) is 19.2 Å².